The first-order chi connectivity index (χ1) is 18.6. The zero-order chi connectivity index (χ0) is 26.2. The Labute approximate surface area is 229 Å². The van der Waals surface area contributed by atoms with Gasteiger partial charge >= 0.3 is 5.97 Å². The standard InChI is InChI=1S/C31H36N2O4S/c34-30(37-22-25-14-16-33(17-15-25)21-24-8-3-1-4-9-24)31(35,38-29-12-5-2-6-13-29)27-10-7-11-28(18-27)36-23-26-19-32-20-26/h1-13,18,25-26,32,35H,14-17,19-23H2/t31-/m1/s1. The van der Waals surface area contributed by atoms with Crippen molar-refractivity contribution in [2.45, 2.75) is 29.2 Å². The van der Waals surface area contributed by atoms with Gasteiger partial charge in [-0.25, -0.2) is 4.79 Å². The number of benzene rings is 3. The van der Waals surface area contributed by atoms with Gasteiger partial charge in [-0.1, -0.05) is 72.4 Å². The molecule has 0 bridgehead atoms. The van der Waals surface area contributed by atoms with Crippen LogP contribution in [0.15, 0.2) is 89.8 Å². The van der Waals surface area contributed by atoms with Crippen LogP contribution < -0.4 is 10.1 Å². The Hall–Kier alpha value is -2.84. The van der Waals surface area contributed by atoms with Crippen LogP contribution >= 0.6 is 11.8 Å². The molecule has 0 unspecified atom stereocenters. The van der Waals surface area contributed by atoms with Crippen LogP contribution in [0.25, 0.3) is 0 Å². The van der Waals surface area contributed by atoms with Crippen LogP contribution in [0.2, 0.25) is 0 Å². The van der Waals surface area contributed by atoms with Gasteiger partial charge in [-0.3, -0.25) is 4.90 Å². The van der Waals surface area contributed by atoms with Crippen molar-refractivity contribution >= 4 is 17.7 Å². The molecule has 2 aliphatic rings. The first-order valence-electron chi connectivity index (χ1n) is 13.4. The molecule has 2 fully saturated rings. The molecule has 0 saturated carbocycles. The molecular formula is C31H36N2O4S. The minimum atomic E-state index is -1.88. The van der Waals surface area contributed by atoms with E-state index in [0.29, 0.717) is 30.4 Å². The fraction of sp³-hybridized carbons (Fsp3) is 0.387. The van der Waals surface area contributed by atoms with Crippen molar-refractivity contribution in [3.05, 3.63) is 96.1 Å². The van der Waals surface area contributed by atoms with Crippen LogP contribution in [0.1, 0.15) is 24.0 Å². The van der Waals surface area contributed by atoms with Gasteiger partial charge < -0.3 is 19.9 Å². The highest BCUT2D eigenvalue weighted by atomic mass is 32.2. The van der Waals surface area contributed by atoms with Crippen LogP contribution in [-0.4, -0.2) is 55.4 Å². The fourth-order valence-corrected chi connectivity index (χ4v) is 5.82. The van der Waals surface area contributed by atoms with Crippen molar-refractivity contribution in [3.63, 3.8) is 0 Å². The van der Waals surface area contributed by atoms with Crippen molar-refractivity contribution in [2.24, 2.45) is 11.8 Å². The lowest BCUT2D eigenvalue weighted by Crippen LogP contribution is -2.45. The van der Waals surface area contributed by atoms with Gasteiger partial charge in [0.2, 0.25) is 4.93 Å². The Bertz CT molecular complexity index is 1170. The highest BCUT2D eigenvalue weighted by molar-refractivity contribution is 8.00. The van der Waals surface area contributed by atoms with Crippen LogP contribution in [0.3, 0.4) is 0 Å². The maximum absolute atomic E-state index is 13.5. The molecule has 2 heterocycles. The summed E-state index contributed by atoms with van der Waals surface area (Å²) in [5.74, 6) is 0.765. The Kier molecular flexibility index (Phi) is 9.02. The van der Waals surface area contributed by atoms with Crippen LogP contribution in [0, 0.1) is 11.8 Å². The molecule has 0 aromatic heterocycles. The van der Waals surface area contributed by atoms with Gasteiger partial charge in [0.25, 0.3) is 0 Å². The fourth-order valence-electron chi connectivity index (χ4n) is 4.80. The molecule has 0 spiro atoms. The number of esters is 1. The van der Waals surface area contributed by atoms with Crippen molar-refractivity contribution in [1.82, 2.24) is 10.2 Å². The van der Waals surface area contributed by atoms with E-state index in [2.05, 4.69) is 34.5 Å². The quantitative estimate of drug-likeness (QED) is 0.211. The number of thioether (sulfide) groups is 1. The van der Waals surface area contributed by atoms with Crippen molar-refractivity contribution in [1.29, 1.82) is 0 Å². The first-order valence-corrected chi connectivity index (χ1v) is 14.2. The molecule has 3 aromatic rings. The first kappa shape index (κ1) is 26.8. The summed E-state index contributed by atoms with van der Waals surface area (Å²) in [7, 11) is 0. The lowest BCUT2D eigenvalue weighted by Gasteiger charge is -2.32. The number of carbonyl (C=O) groups excluding carboxylic acids is 1. The Morgan fingerprint density at radius 1 is 0.921 bits per heavy atom. The van der Waals surface area contributed by atoms with E-state index in [4.69, 9.17) is 9.47 Å². The molecule has 200 valence electrons. The van der Waals surface area contributed by atoms with Crippen molar-refractivity contribution < 1.29 is 19.4 Å². The second-order valence-corrected chi connectivity index (χ2v) is 11.5. The minimum Gasteiger partial charge on any atom is -0.493 e. The van der Waals surface area contributed by atoms with E-state index < -0.39 is 10.9 Å². The van der Waals surface area contributed by atoms with E-state index in [1.807, 2.05) is 48.5 Å². The Morgan fingerprint density at radius 2 is 1.63 bits per heavy atom. The van der Waals surface area contributed by atoms with Gasteiger partial charge in [0.05, 0.1) is 13.2 Å². The summed E-state index contributed by atoms with van der Waals surface area (Å²) in [4.78, 5) is 14.8. The minimum absolute atomic E-state index is 0.280. The number of nitrogens with zero attached hydrogens (tertiary/aromatic N) is 1. The summed E-state index contributed by atoms with van der Waals surface area (Å²) >= 11 is 1.10. The zero-order valence-electron chi connectivity index (χ0n) is 21.6. The van der Waals surface area contributed by atoms with E-state index in [9.17, 15) is 9.90 Å². The average molecular weight is 533 g/mol. The zero-order valence-corrected chi connectivity index (χ0v) is 22.4. The number of piperidine rings is 1. The molecule has 0 amide bonds. The number of rotatable bonds is 11. The molecule has 0 aliphatic carbocycles. The van der Waals surface area contributed by atoms with Gasteiger partial charge in [-0.15, -0.1) is 0 Å². The summed E-state index contributed by atoms with van der Waals surface area (Å²) in [5, 5.41) is 15.1. The number of likely N-dealkylation sites (tertiary alicyclic amines) is 1. The number of ether oxygens (including phenoxy) is 2. The molecule has 5 rings (SSSR count). The van der Waals surface area contributed by atoms with E-state index in [1.165, 1.54) is 5.56 Å². The second-order valence-electron chi connectivity index (χ2n) is 10.2. The van der Waals surface area contributed by atoms with Gasteiger partial charge in [0, 0.05) is 36.0 Å². The molecule has 7 heteroatoms. The van der Waals surface area contributed by atoms with Crippen molar-refractivity contribution in [2.75, 3.05) is 39.4 Å². The molecule has 0 radical (unpaired) electrons. The third-order valence-electron chi connectivity index (χ3n) is 7.27. The smallest absolute Gasteiger partial charge is 0.354 e. The van der Waals surface area contributed by atoms with Crippen LogP contribution in [0.4, 0.5) is 0 Å². The lowest BCUT2D eigenvalue weighted by molar-refractivity contribution is -0.159. The highest BCUT2D eigenvalue weighted by Gasteiger charge is 2.42. The maximum Gasteiger partial charge on any atom is 0.354 e. The van der Waals surface area contributed by atoms with Gasteiger partial charge in [0.1, 0.15) is 5.75 Å². The molecule has 3 aromatic carbocycles. The molecule has 1 atom stereocenters. The van der Waals surface area contributed by atoms with Crippen LogP contribution in [-0.2, 0) is 21.0 Å². The lowest BCUT2D eigenvalue weighted by atomic mass is 9.97. The van der Waals surface area contributed by atoms with E-state index in [0.717, 1.165) is 62.2 Å². The molecular weight excluding hydrogens is 496 g/mol. The molecule has 2 aliphatic heterocycles. The molecule has 38 heavy (non-hydrogen) atoms. The van der Waals surface area contributed by atoms with Gasteiger partial charge in [0.15, 0.2) is 0 Å². The van der Waals surface area contributed by atoms with Gasteiger partial charge in [-0.05, 0) is 61.7 Å². The molecule has 2 N–H and O–H groups in total. The highest BCUT2D eigenvalue weighted by Crippen LogP contribution is 2.41. The second kappa shape index (κ2) is 12.8. The van der Waals surface area contributed by atoms with Crippen LogP contribution in [0.5, 0.6) is 5.75 Å². The summed E-state index contributed by atoms with van der Waals surface area (Å²) < 4.78 is 11.8. The largest absolute Gasteiger partial charge is 0.493 e. The van der Waals surface area contributed by atoms with E-state index in [1.54, 1.807) is 12.1 Å². The third kappa shape index (κ3) is 6.97. The third-order valence-corrected chi connectivity index (χ3v) is 8.47. The van der Waals surface area contributed by atoms with E-state index >= 15 is 0 Å². The SMILES string of the molecule is O=C(OCC1CCN(Cc2ccccc2)CC1)[C@](O)(Sc1ccccc1)c1cccc(OCC2CNC2)c1. The number of carbonyl (C=O) groups is 1. The summed E-state index contributed by atoms with van der Waals surface area (Å²) in [6, 6.07) is 27.2. The monoisotopic (exact) mass is 532 g/mol. The average Bonchev–Trinajstić information content (AvgIpc) is 2.93. The predicted octanol–water partition coefficient (Wildman–Crippen LogP) is 4.68. The Balaban J connectivity index is 1.22. The molecule has 2 saturated heterocycles. The topological polar surface area (TPSA) is 71.0 Å². The summed E-state index contributed by atoms with van der Waals surface area (Å²) in [5.41, 5.74) is 1.77. The van der Waals surface area contributed by atoms with Crippen molar-refractivity contribution in [3.8, 4) is 5.75 Å². The van der Waals surface area contributed by atoms with E-state index in [-0.39, 0.29) is 5.92 Å². The number of hydrogen-bond acceptors (Lipinski definition) is 7. The summed E-state index contributed by atoms with van der Waals surface area (Å²) in [6.07, 6.45) is 1.92. The number of hydrogen-bond donors (Lipinski definition) is 2. The summed E-state index contributed by atoms with van der Waals surface area (Å²) in [6.45, 7) is 5.69. The Morgan fingerprint density at radius 3 is 2.32 bits per heavy atom. The number of aliphatic hydroxyl groups is 1. The van der Waals surface area contributed by atoms with Gasteiger partial charge in [-0.2, -0.15) is 0 Å². The predicted molar refractivity (Wildman–Crippen MR) is 150 cm³/mol. The normalized spacial score (nSPS) is 18.3. The number of nitrogens with one attached hydrogen (secondary N) is 1. The maximum atomic E-state index is 13.5. The molecule has 6 nitrogen and oxygen atoms in total.